The number of amides is 1. The monoisotopic (exact) mass is 669 g/mol. The normalized spacial score (nSPS) is 19.4. The molecule has 1 N–H and O–H groups in total. The number of halogens is 4. The van der Waals surface area contributed by atoms with Crippen LogP contribution >= 0.6 is 0 Å². The number of hydrogen-bond acceptors (Lipinski definition) is 9. The predicted molar refractivity (Wildman–Crippen MR) is 169 cm³/mol. The van der Waals surface area contributed by atoms with Gasteiger partial charge in [0.25, 0.3) is 5.91 Å². The number of alkyl halides is 3. The second-order valence-electron chi connectivity index (χ2n) is 13.8. The highest BCUT2D eigenvalue weighted by molar-refractivity contribution is 5.97. The van der Waals surface area contributed by atoms with Gasteiger partial charge in [0.2, 0.25) is 0 Å². The Bertz CT molecular complexity index is 1650. The van der Waals surface area contributed by atoms with Crippen LogP contribution in [0.1, 0.15) is 48.3 Å². The topological polar surface area (TPSA) is 96.0 Å². The summed E-state index contributed by atoms with van der Waals surface area (Å²) in [6.07, 6.45) is 2.84. The molecule has 7 rings (SSSR count). The van der Waals surface area contributed by atoms with Gasteiger partial charge >= 0.3 is 6.18 Å². The zero-order valence-corrected chi connectivity index (χ0v) is 27.0. The lowest BCUT2D eigenvalue weighted by Crippen LogP contribution is -2.65. The molecular weight excluding hydrogens is 630 g/mol. The van der Waals surface area contributed by atoms with Gasteiger partial charge in [0.05, 0.1) is 11.8 Å². The van der Waals surface area contributed by atoms with Crippen molar-refractivity contribution in [2.24, 2.45) is 11.3 Å². The number of pyridine rings is 1. The number of anilines is 1. The second-order valence-corrected chi connectivity index (χ2v) is 13.8. The first-order chi connectivity index (χ1) is 23.0. The number of rotatable bonds is 10. The van der Waals surface area contributed by atoms with Gasteiger partial charge in [-0.1, -0.05) is 0 Å². The third-order valence-electron chi connectivity index (χ3n) is 9.78. The number of carbonyl (C=O) groups excluding carboxylic acids is 1. The van der Waals surface area contributed by atoms with E-state index >= 15 is 0 Å². The van der Waals surface area contributed by atoms with Crippen LogP contribution in [0.3, 0.4) is 0 Å². The average molecular weight is 670 g/mol. The van der Waals surface area contributed by atoms with Crippen LogP contribution in [0.25, 0.3) is 0 Å². The minimum Gasteiger partial charge on any atom is -0.490 e. The lowest BCUT2D eigenvalue weighted by Gasteiger charge is -2.59. The Balaban J connectivity index is 0.996. The summed E-state index contributed by atoms with van der Waals surface area (Å²) in [5.74, 6) is 0.503. The molecule has 4 aliphatic rings. The van der Waals surface area contributed by atoms with Gasteiger partial charge in [-0.05, 0) is 56.9 Å². The third-order valence-corrected chi connectivity index (χ3v) is 9.78. The van der Waals surface area contributed by atoms with Crippen molar-refractivity contribution in [3.63, 3.8) is 0 Å². The highest BCUT2D eigenvalue weighted by Crippen LogP contribution is 2.52. The average Bonchev–Trinajstić information content (AvgIpc) is 2.99. The van der Waals surface area contributed by atoms with Crippen molar-refractivity contribution in [3.05, 3.63) is 65.6 Å². The summed E-state index contributed by atoms with van der Waals surface area (Å²) in [5.41, 5.74) is 2.07. The summed E-state index contributed by atoms with van der Waals surface area (Å²) >= 11 is 0. The van der Waals surface area contributed by atoms with E-state index in [9.17, 15) is 22.4 Å². The first kappa shape index (κ1) is 32.5. The highest BCUT2D eigenvalue weighted by Gasteiger charge is 2.54. The van der Waals surface area contributed by atoms with E-state index in [1.807, 2.05) is 17.2 Å². The number of ether oxygens (including phenoxy) is 2. The van der Waals surface area contributed by atoms with Crippen LogP contribution in [-0.2, 0) is 13.0 Å². The van der Waals surface area contributed by atoms with E-state index in [2.05, 4.69) is 25.2 Å². The van der Waals surface area contributed by atoms with Crippen molar-refractivity contribution in [2.75, 3.05) is 50.7 Å². The van der Waals surface area contributed by atoms with Crippen molar-refractivity contribution in [2.45, 2.75) is 58.0 Å². The lowest BCUT2D eigenvalue weighted by molar-refractivity contribution is -0.143. The summed E-state index contributed by atoms with van der Waals surface area (Å²) in [6, 6.07) is 4.41. The smallest absolute Gasteiger partial charge is 0.406 e. The van der Waals surface area contributed by atoms with E-state index in [1.54, 1.807) is 0 Å². The minimum atomic E-state index is -4.63. The molecule has 5 heterocycles. The summed E-state index contributed by atoms with van der Waals surface area (Å²) in [5, 5.41) is 3.35. The zero-order chi connectivity index (χ0) is 33.6. The highest BCUT2D eigenvalue weighted by atomic mass is 19.4. The van der Waals surface area contributed by atoms with Crippen LogP contribution in [0.5, 0.6) is 17.2 Å². The molecule has 1 spiro atoms. The molecule has 256 valence electrons. The SMILES string of the molecule is CC(C)N(CC(F)(F)F)C(=O)c1cc(F)ccc1Oc1cncnc1N1CC2(CC(Oc3ccnc4c3CN(CC3CNC3)CC4)C2)C1. The van der Waals surface area contributed by atoms with Crippen LogP contribution in [0.2, 0.25) is 0 Å². The van der Waals surface area contributed by atoms with Gasteiger partial charge in [-0.25, -0.2) is 14.4 Å². The summed E-state index contributed by atoms with van der Waals surface area (Å²) < 4.78 is 66.7. The summed E-state index contributed by atoms with van der Waals surface area (Å²) in [6.45, 7) is 8.01. The van der Waals surface area contributed by atoms with Crippen molar-refractivity contribution in [3.8, 4) is 17.2 Å². The first-order valence-electron chi connectivity index (χ1n) is 16.4. The molecule has 14 heteroatoms. The van der Waals surface area contributed by atoms with Gasteiger partial charge in [-0.2, -0.15) is 13.2 Å². The van der Waals surface area contributed by atoms with Crippen LogP contribution in [0.15, 0.2) is 43.0 Å². The molecule has 3 fully saturated rings. The molecule has 3 aromatic rings. The molecular formula is C34H39F4N7O3. The molecule has 2 saturated heterocycles. The molecule has 10 nitrogen and oxygen atoms in total. The van der Waals surface area contributed by atoms with Crippen LogP contribution < -0.4 is 19.7 Å². The number of carbonyl (C=O) groups is 1. The molecule has 1 aliphatic carbocycles. The van der Waals surface area contributed by atoms with Crippen molar-refractivity contribution < 1.29 is 31.8 Å². The van der Waals surface area contributed by atoms with Crippen LogP contribution in [0, 0.1) is 17.2 Å². The molecule has 0 radical (unpaired) electrons. The first-order valence-corrected chi connectivity index (χ1v) is 16.4. The Morgan fingerprint density at radius 3 is 2.62 bits per heavy atom. The van der Waals surface area contributed by atoms with Gasteiger partial charge in [0.15, 0.2) is 11.6 Å². The van der Waals surface area contributed by atoms with Gasteiger partial charge in [0, 0.05) is 81.1 Å². The lowest BCUT2D eigenvalue weighted by atomic mass is 9.61. The molecule has 1 amide bonds. The fourth-order valence-electron chi connectivity index (χ4n) is 7.25. The maximum atomic E-state index is 14.3. The molecule has 0 unspecified atom stereocenters. The largest absolute Gasteiger partial charge is 0.490 e. The van der Waals surface area contributed by atoms with E-state index < -0.39 is 30.5 Å². The number of nitrogens with zero attached hydrogens (tertiary/aromatic N) is 6. The molecule has 2 aromatic heterocycles. The van der Waals surface area contributed by atoms with Crippen LogP contribution in [0.4, 0.5) is 23.4 Å². The van der Waals surface area contributed by atoms with Crippen LogP contribution in [-0.4, -0.2) is 94.8 Å². The molecule has 0 atom stereocenters. The van der Waals surface area contributed by atoms with E-state index in [4.69, 9.17) is 9.47 Å². The van der Waals surface area contributed by atoms with E-state index in [0.717, 1.165) is 75.6 Å². The Morgan fingerprint density at radius 2 is 1.92 bits per heavy atom. The second kappa shape index (κ2) is 12.8. The molecule has 1 aromatic carbocycles. The number of aromatic nitrogens is 3. The fraction of sp³-hybridized carbons (Fsp3) is 0.529. The zero-order valence-electron chi connectivity index (χ0n) is 27.0. The van der Waals surface area contributed by atoms with Gasteiger partial charge < -0.3 is 24.6 Å². The molecule has 1 saturated carbocycles. The summed E-state index contributed by atoms with van der Waals surface area (Å²) in [7, 11) is 0. The third kappa shape index (κ3) is 6.77. The Kier molecular flexibility index (Phi) is 8.65. The number of benzene rings is 1. The van der Waals surface area contributed by atoms with Crippen molar-refractivity contribution in [1.82, 2.24) is 30.1 Å². The van der Waals surface area contributed by atoms with Gasteiger partial charge in [0.1, 0.15) is 36.3 Å². The number of fused-ring (bicyclic) bond motifs is 1. The fourth-order valence-corrected chi connectivity index (χ4v) is 7.25. The van der Waals surface area contributed by atoms with Gasteiger partial charge in [-0.3, -0.25) is 14.7 Å². The van der Waals surface area contributed by atoms with Crippen molar-refractivity contribution in [1.29, 1.82) is 0 Å². The maximum Gasteiger partial charge on any atom is 0.406 e. The minimum absolute atomic E-state index is 0.0651. The number of nitrogens with one attached hydrogen (secondary N) is 1. The summed E-state index contributed by atoms with van der Waals surface area (Å²) in [4.78, 5) is 31.6. The standard InChI is InChI=1S/C34H39F4N7O3/c1-21(2)45(19-34(36,37)38)32(46)25-9-23(35)3-4-28(25)48-30-14-40-20-42-31(30)44-17-33(18-44)10-24(11-33)47-29-5-7-41-27-6-8-43(16-26(27)29)15-22-12-39-13-22/h3-5,7,9,14,20-22,24,39H,6,8,10-13,15-19H2,1-2H3. The maximum absolute atomic E-state index is 14.3. The molecule has 3 aliphatic heterocycles. The van der Waals surface area contributed by atoms with E-state index in [-0.39, 0.29) is 28.6 Å². The van der Waals surface area contributed by atoms with Crippen molar-refractivity contribution >= 4 is 11.7 Å². The molecule has 0 bridgehead atoms. The predicted octanol–water partition coefficient (Wildman–Crippen LogP) is 4.84. The number of hydrogen-bond donors (Lipinski definition) is 1. The molecule has 48 heavy (non-hydrogen) atoms. The Labute approximate surface area is 276 Å². The Morgan fingerprint density at radius 1 is 1.12 bits per heavy atom. The van der Waals surface area contributed by atoms with E-state index in [0.29, 0.717) is 29.7 Å². The quantitative estimate of drug-likeness (QED) is 0.305. The Hall–Kier alpha value is -4.04. The van der Waals surface area contributed by atoms with E-state index in [1.165, 1.54) is 38.0 Å². The van der Waals surface area contributed by atoms with Gasteiger partial charge in [-0.15, -0.1) is 0 Å².